The van der Waals surface area contributed by atoms with Gasteiger partial charge in [-0.1, -0.05) is 32.0 Å². The van der Waals surface area contributed by atoms with E-state index in [-0.39, 0.29) is 17.9 Å². The van der Waals surface area contributed by atoms with Gasteiger partial charge in [0.25, 0.3) is 0 Å². The molecule has 2 aromatic rings. The minimum Gasteiger partial charge on any atom is -0.367 e. The molecule has 7 nitrogen and oxygen atoms in total. The second kappa shape index (κ2) is 12.8. The van der Waals surface area contributed by atoms with Gasteiger partial charge in [-0.05, 0) is 43.6 Å². The van der Waals surface area contributed by atoms with E-state index in [1.807, 2.05) is 30.5 Å². The normalized spacial score (nSPS) is 16.3. The highest BCUT2D eigenvalue weighted by molar-refractivity contribution is 7.10. The SMILES string of the molecule is CCN(CC)CCNC(=O)C(=O)NC(C)C(c1cccs1)N1CCN(c2ccccc2F)CC1. The number of thiophene rings is 1. The number of carbonyl (C=O) groups excluding carboxylic acids is 2. The first-order valence-corrected chi connectivity index (χ1v) is 12.9. The summed E-state index contributed by atoms with van der Waals surface area (Å²) in [4.78, 5) is 32.7. The predicted molar refractivity (Wildman–Crippen MR) is 136 cm³/mol. The van der Waals surface area contributed by atoms with Crippen LogP contribution < -0.4 is 15.5 Å². The van der Waals surface area contributed by atoms with Crippen LogP contribution in [-0.4, -0.2) is 80.0 Å². The number of halogens is 1. The lowest BCUT2D eigenvalue weighted by Crippen LogP contribution is -2.54. The molecular weight excluding hydrogens is 453 g/mol. The minimum atomic E-state index is -0.612. The van der Waals surface area contributed by atoms with Gasteiger partial charge in [0.05, 0.1) is 11.7 Å². The summed E-state index contributed by atoms with van der Waals surface area (Å²) in [6, 6.07) is 10.6. The Bertz CT molecular complexity index is 914. The average Bonchev–Trinajstić information content (AvgIpc) is 3.37. The molecule has 1 aromatic heterocycles. The zero-order valence-electron chi connectivity index (χ0n) is 20.3. The van der Waals surface area contributed by atoms with Crippen LogP contribution in [0.25, 0.3) is 0 Å². The fourth-order valence-electron chi connectivity index (χ4n) is 4.45. The third kappa shape index (κ3) is 6.77. The van der Waals surface area contributed by atoms with Crippen LogP contribution in [-0.2, 0) is 9.59 Å². The van der Waals surface area contributed by atoms with E-state index in [1.165, 1.54) is 6.07 Å². The summed E-state index contributed by atoms with van der Waals surface area (Å²) >= 11 is 1.64. The van der Waals surface area contributed by atoms with E-state index in [2.05, 4.69) is 45.2 Å². The highest BCUT2D eigenvalue weighted by Crippen LogP contribution is 2.30. The lowest BCUT2D eigenvalue weighted by molar-refractivity contribution is -0.139. The number of hydrogen-bond acceptors (Lipinski definition) is 6. The molecule has 2 N–H and O–H groups in total. The van der Waals surface area contributed by atoms with Crippen molar-refractivity contribution in [2.45, 2.75) is 32.9 Å². The van der Waals surface area contributed by atoms with Crippen molar-refractivity contribution in [2.75, 3.05) is 57.3 Å². The number of amides is 2. The van der Waals surface area contributed by atoms with Crippen LogP contribution in [0.3, 0.4) is 0 Å². The molecule has 0 radical (unpaired) electrons. The number of benzene rings is 1. The van der Waals surface area contributed by atoms with Crippen molar-refractivity contribution in [3.8, 4) is 0 Å². The van der Waals surface area contributed by atoms with Gasteiger partial charge in [-0.2, -0.15) is 0 Å². The Morgan fingerprint density at radius 1 is 1.06 bits per heavy atom. The highest BCUT2D eigenvalue weighted by Gasteiger charge is 2.32. The van der Waals surface area contributed by atoms with Gasteiger partial charge in [0.2, 0.25) is 0 Å². The van der Waals surface area contributed by atoms with E-state index in [0.717, 1.165) is 31.1 Å². The van der Waals surface area contributed by atoms with Gasteiger partial charge in [0, 0.05) is 50.2 Å². The number of carbonyl (C=O) groups is 2. The smallest absolute Gasteiger partial charge is 0.309 e. The number of hydrogen-bond donors (Lipinski definition) is 2. The molecule has 2 amide bonds. The number of piperazine rings is 1. The van der Waals surface area contributed by atoms with E-state index in [4.69, 9.17) is 0 Å². The van der Waals surface area contributed by atoms with Crippen LogP contribution in [0.5, 0.6) is 0 Å². The first-order chi connectivity index (χ1) is 16.4. The summed E-state index contributed by atoms with van der Waals surface area (Å²) < 4.78 is 14.2. The topological polar surface area (TPSA) is 67.9 Å². The van der Waals surface area contributed by atoms with Gasteiger partial charge in [-0.15, -0.1) is 11.3 Å². The Kier molecular flexibility index (Phi) is 9.86. The summed E-state index contributed by atoms with van der Waals surface area (Å²) in [6.07, 6.45) is 0. The number of nitrogens with zero attached hydrogens (tertiary/aromatic N) is 3. The molecule has 2 atom stereocenters. The Labute approximate surface area is 205 Å². The van der Waals surface area contributed by atoms with E-state index in [9.17, 15) is 14.0 Å². The van der Waals surface area contributed by atoms with Crippen molar-refractivity contribution < 1.29 is 14.0 Å². The van der Waals surface area contributed by atoms with E-state index >= 15 is 0 Å². The summed E-state index contributed by atoms with van der Waals surface area (Å²) in [5.74, 6) is -1.43. The molecule has 186 valence electrons. The monoisotopic (exact) mass is 489 g/mol. The van der Waals surface area contributed by atoms with Crippen LogP contribution in [0, 0.1) is 5.82 Å². The number of likely N-dealkylation sites (N-methyl/N-ethyl adjacent to an activating group) is 1. The van der Waals surface area contributed by atoms with Crippen LogP contribution in [0.2, 0.25) is 0 Å². The zero-order valence-corrected chi connectivity index (χ0v) is 21.1. The van der Waals surface area contributed by atoms with E-state index < -0.39 is 11.8 Å². The van der Waals surface area contributed by atoms with Crippen LogP contribution in [0.15, 0.2) is 41.8 Å². The standard InChI is InChI=1S/C25H36FN5O2S/c1-4-29(5-2)13-12-27-24(32)25(33)28-19(3)23(22-11-8-18-34-22)31-16-14-30(15-17-31)21-10-7-6-9-20(21)26/h6-11,18-19,23H,4-5,12-17H2,1-3H3,(H,27,32)(H,28,33). The molecule has 0 bridgehead atoms. The van der Waals surface area contributed by atoms with Crippen LogP contribution in [0.4, 0.5) is 10.1 Å². The Balaban J connectivity index is 1.59. The minimum absolute atomic E-state index is 0.0600. The maximum Gasteiger partial charge on any atom is 0.309 e. The molecule has 1 aliphatic heterocycles. The maximum atomic E-state index is 14.2. The summed E-state index contributed by atoms with van der Waals surface area (Å²) in [6.45, 7) is 11.9. The molecule has 1 aliphatic rings. The predicted octanol–water partition coefficient (Wildman–Crippen LogP) is 2.71. The van der Waals surface area contributed by atoms with E-state index in [0.29, 0.717) is 31.9 Å². The molecule has 0 spiro atoms. The largest absolute Gasteiger partial charge is 0.367 e. The van der Waals surface area contributed by atoms with Crippen molar-refractivity contribution in [1.82, 2.24) is 20.4 Å². The van der Waals surface area contributed by atoms with E-state index in [1.54, 1.807) is 17.4 Å². The second-order valence-corrected chi connectivity index (χ2v) is 9.46. The molecule has 1 saturated heterocycles. The van der Waals surface area contributed by atoms with Crippen molar-refractivity contribution in [3.05, 3.63) is 52.5 Å². The second-order valence-electron chi connectivity index (χ2n) is 8.48. The van der Waals surface area contributed by atoms with Gasteiger partial charge in [0.15, 0.2) is 0 Å². The van der Waals surface area contributed by atoms with Gasteiger partial charge in [-0.25, -0.2) is 4.39 Å². The molecule has 2 unspecified atom stereocenters. The Morgan fingerprint density at radius 2 is 1.76 bits per heavy atom. The van der Waals surface area contributed by atoms with Crippen molar-refractivity contribution in [2.24, 2.45) is 0 Å². The first-order valence-electron chi connectivity index (χ1n) is 12.0. The molecule has 34 heavy (non-hydrogen) atoms. The lowest BCUT2D eigenvalue weighted by atomic mass is 10.0. The molecule has 2 heterocycles. The number of para-hydroxylation sites is 1. The van der Waals surface area contributed by atoms with Gasteiger partial charge in [0.1, 0.15) is 5.82 Å². The molecular formula is C25H36FN5O2S. The van der Waals surface area contributed by atoms with Crippen LogP contribution in [0.1, 0.15) is 31.7 Å². The van der Waals surface area contributed by atoms with Crippen LogP contribution >= 0.6 is 11.3 Å². The molecule has 0 saturated carbocycles. The Hall–Kier alpha value is -2.49. The fourth-order valence-corrected chi connectivity index (χ4v) is 5.41. The average molecular weight is 490 g/mol. The fraction of sp³-hybridized carbons (Fsp3) is 0.520. The summed E-state index contributed by atoms with van der Waals surface area (Å²) in [7, 11) is 0. The maximum absolute atomic E-state index is 14.2. The van der Waals surface area contributed by atoms with Gasteiger partial charge in [-0.3, -0.25) is 14.5 Å². The number of rotatable bonds is 10. The van der Waals surface area contributed by atoms with Crippen molar-refractivity contribution in [3.63, 3.8) is 0 Å². The highest BCUT2D eigenvalue weighted by atomic mass is 32.1. The molecule has 0 aliphatic carbocycles. The quantitative estimate of drug-likeness (QED) is 0.503. The Morgan fingerprint density at radius 3 is 2.38 bits per heavy atom. The number of nitrogens with one attached hydrogen (secondary N) is 2. The van der Waals surface area contributed by atoms with Gasteiger partial charge < -0.3 is 20.4 Å². The first kappa shape index (κ1) is 26.1. The molecule has 1 fully saturated rings. The third-order valence-corrected chi connectivity index (χ3v) is 7.33. The molecule has 9 heteroatoms. The zero-order chi connectivity index (χ0) is 24.5. The number of anilines is 1. The summed E-state index contributed by atoms with van der Waals surface area (Å²) in [5.41, 5.74) is 0.623. The third-order valence-electron chi connectivity index (χ3n) is 6.38. The molecule has 3 rings (SSSR count). The van der Waals surface area contributed by atoms with Crippen molar-refractivity contribution >= 4 is 28.8 Å². The molecule has 1 aromatic carbocycles. The van der Waals surface area contributed by atoms with Gasteiger partial charge >= 0.3 is 11.8 Å². The van der Waals surface area contributed by atoms with Crippen molar-refractivity contribution in [1.29, 1.82) is 0 Å². The summed E-state index contributed by atoms with van der Waals surface area (Å²) in [5, 5.41) is 7.65. The lowest BCUT2D eigenvalue weighted by Gasteiger charge is -2.42.